The maximum atomic E-state index is 13.7. The number of rotatable bonds is 5. The number of hydrogen-bond acceptors (Lipinski definition) is 3. The van der Waals surface area contributed by atoms with Gasteiger partial charge in [-0.05, 0) is 66.6 Å². The van der Waals surface area contributed by atoms with Gasteiger partial charge in [-0.15, -0.1) is 12.4 Å². The molecule has 1 aliphatic rings. The SMILES string of the molecule is COc1ccc(CCC(=O)NC2CCCc3cc(N)ccc32)cc1F.Cl. The number of ether oxygens (including phenoxy) is 1. The highest BCUT2D eigenvalue weighted by molar-refractivity contribution is 5.85. The summed E-state index contributed by atoms with van der Waals surface area (Å²) >= 11 is 0. The number of anilines is 1. The fourth-order valence-electron chi connectivity index (χ4n) is 3.37. The Kier molecular flexibility index (Phi) is 6.86. The molecule has 3 rings (SSSR count). The maximum absolute atomic E-state index is 13.7. The first-order valence-electron chi connectivity index (χ1n) is 8.57. The summed E-state index contributed by atoms with van der Waals surface area (Å²) in [7, 11) is 1.43. The molecule has 1 aliphatic carbocycles. The molecule has 0 heterocycles. The maximum Gasteiger partial charge on any atom is 0.220 e. The van der Waals surface area contributed by atoms with E-state index in [0.29, 0.717) is 12.8 Å². The molecular weight excluding hydrogens is 355 g/mol. The molecule has 0 radical (unpaired) electrons. The Balaban J connectivity index is 0.00000243. The second-order valence-corrected chi connectivity index (χ2v) is 6.44. The van der Waals surface area contributed by atoms with Crippen LogP contribution in [0.3, 0.4) is 0 Å². The van der Waals surface area contributed by atoms with Gasteiger partial charge in [0, 0.05) is 12.1 Å². The van der Waals surface area contributed by atoms with Gasteiger partial charge in [-0.2, -0.15) is 0 Å². The molecule has 140 valence electrons. The van der Waals surface area contributed by atoms with Gasteiger partial charge < -0.3 is 15.8 Å². The molecule has 0 bridgehead atoms. The zero-order valence-electron chi connectivity index (χ0n) is 14.8. The molecule has 0 aromatic heterocycles. The van der Waals surface area contributed by atoms with Crippen LogP contribution in [0, 0.1) is 5.82 Å². The lowest BCUT2D eigenvalue weighted by atomic mass is 9.87. The third-order valence-corrected chi connectivity index (χ3v) is 4.67. The van der Waals surface area contributed by atoms with Gasteiger partial charge in [0.25, 0.3) is 0 Å². The van der Waals surface area contributed by atoms with Crippen LogP contribution in [0.15, 0.2) is 36.4 Å². The van der Waals surface area contributed by atoms with E-state index in [-0.39, 0.29) is 30.1 Å². The van der Waals surface area contributed by atoms with Crippen molar-refractivity contribution in [3.8, 4) is 5.75 Å². The van der Waals surface area contributed by atoms with Crippen LogP contribution in [0.2, 0.25) is 0 Å². The molecular formula is C20H24ClFN2O2. The molecule has 4 nitrogen and oxygen atoms in total. The molecule has 2 aromatic carbocycles. The molecule has 1 atom stereocenters. The zero-order valence-corrected chi connectivity index (χ0v) is 15.6. The van der Waals surface area contributed by atoms with Crippen LogP contribution >= 0.6 is 12.4 Å². The van der Waals surface area contributed by atoms with Crippen molar-refractivity contribution in [3.05, 3.63) is 58.9 Å². The van der Waals surface area contributed by atoms with Crippen LogP contribution in [0.1, 0.15) is 42.0 Å². The number of nitrogens with one attached hydrogen (secondary N) is 1. The van der Waals surface area contributed by atoms with Crippen molar-refractivity contribution in [2.75, 3.05) is 12.8 Å². The van der Waals surface area contributed by atoms with Crippen LogP contribution < -0.4 is 15.8 Å². The van der Waals surface area contributed by atoms with Crippen LogP contribution in [0.4, 0.5) is 10.1 Å². The van der Waals surface area contributed by atoms with Crippen LogP contribution in [-0.4, -0.2) is 13.0 Å². The summed E-state index contributed by atoms with van der Waals surface area (Å²) in [5.74, 6) is -0.212. The molecule has 26 heavy (non-hydrogen) atoms. The minimum absolute atomic E-state index is 0. The number of aryl methyl sites for hydroxylation is 2. The third-order valence-electron chi connectivity index (χ3n) is 4.67. The Morgan fingerprint density at radius 3 is 2.85 bits per heavy atom. The molecule has 2 aromatic rings. The number of carbonyl (C=O) groups excluding carboxylic acids is 1. The van der Waals surface area contributed by atoms with E-state index < -0.39 is 5.82 Å². The summed E-state index contributed by atoms with van der Waals surface area (Å²) in [5, 5.41) is 3.10. The quantitative estimate of drug-likeness (QED) is 0.774. The number of halogens is 2. The highest BCUT2D eigenvalue weighted by atomic mass is 35.5. The van der Waals surface area contributed by atoms with Gasteiger partial charge in [0.1, 0.15) is 0 Å². The molecule has 0 saturated carbocycles. The monoisotopic (exact) mass is 378 g/mol. The Morgan fingerprint density at radius 2 is 2.12 bits per heavy atom. The van der Waals surface area contributed by atoms with Crippen molar-refractivity contribution < 1.29 is 13.9 Å². The van der Waals surface area contributed by atoms with Gasteiger partial charge in [0.05, 0.1) is 13.2 Å². The molecule has 0 saturated heterocycles. The van der Waals surface area contributed by atoms with E-state index in [4.69, 9.17) is 10.5 Å². The van der Waals surface area contributed by atoms with Crippen molar-refractivity contribution in [1.82, 2.24) is 5.32 Å². The Hall–Kier alpha value is -2.27. The van der Waals surface area contributed by atoms with Crippen molar-refractivity contribution in [2.45, 2.75) is 38.1 Å². The van der Waals surface area contributed by atoms with Crippen molar-refractivity contribution >= 4 is 24.0 Å². The number of nitrogen functional groups attached to an aromatic ring is 1. The number of amides is 1. The summed E-state index contributed by atoms with van der Waals surface area (Å²) < 4.78 is 18.6. The van der Waals surface area contributed by atoms with E-state index in [0.717, 1.165) is 36.1 Å². The molecule has 3 N–H and O–H groups in total. The average molecular weight is 379 g/mol. The van der Waals surface area contributed by atoms with Crippen LogP contribution in [0.25, 0.3) is 0 Å². The fourth-order valence-corrected chi connectivity index (χ4v) is 3.37. The first-order valence-corrected chi connectivity index (χ1v) is 8.57. The van der Waals surface area contributed by atoms with Gasteiger partial charge in [-0.3, -0.25) is 4.79 Å². The van der Waals surface area contributed by atoms with E-state index in [1.54, 1.807) is 12.1 Å². The van der Waals surface area contributed by atoms with Crippen LogP contribution in [-0.2, 0) is 17.6 Å². The summed E-state index contributed by atoms with van der Waals surface area (Å²) in [4.78, 5) is 12.3. The summed E-state index contributed by atoms with van der Waals surface area (Å²) in [5.41, 5.74) is 9.76. The van der Waals surface area contributed by atoms with Gasteiger partial charge in [-0.25, -0.2) is 4.39 Å². The minimum Gasteiger partial charge on any atom is -0.494 e. The zero-order chi connectivity index (χ0) is 17.8. The predicted octanol–water partition coefficient (Wildman–Crippen LogP) is 3.96. The van der Waals surface area contributed by atoms with E-state index in [2.05, 4.69) is 5.32 Å². The number of benzene rings is 2. The average Bonchev–Trinajstić information content (AvgIpc) is 2.60. The second-order valence-electron chi connectivity index (χ2n) is 6.44. The third kappa shape index (κ3) is 4.67. The number of hydrogen-bond donors (Lipinski definition) is 2. The topological polar surface area (TPSA) is 64.3 Å². The van der Waals surface area contributed by atoms with E-state index in [1.165, 1.54) is 18.7 Å². The van der Waals surface area contributed by atoms with Crippen molar-refractivity contribution in [2.24, 2.45) is 0 Å². The number of carbonyl (C=O) groups is 1. The van der Waals surface area contributed by atoms with E-state index >= 15 is 0 Å². The molecule has 0 aliphatic heterocycles. The first kappa shape index (κ1) is 20.0. The lowest BCUT2D eigenvalue weighted by Crippen LogP contribution is -2.31. The lowest BCUT2D eigenvalue weighted by Gasteiger charge is -2.26. The minimum atomic E-state index is -0.404. The fraction of sp³-hybridized carbons (Fsp3) is 0.350. The predicted molar refractivity (Wildman–Crippen MR) is 103 cm³/mol. The Bertz CT molecular complexity index is 782. The Labute approximate surface area is 159 Å². The summed E-state index contributed by atoms with van der Waals surface area (Å²) in [6.45, 7) is 0. The molecule has 0 fully saturated rings. The second kappa shape index (κ2) is 8.90. The van der Waals surface area contributed by atoms with E-state index in [1.807, 2.05) is 18.2 Å². The van der Waals surface area contributed by atoms with Crippen molar-refractivity contribution in [3.63, 3.8) is 0 Å². The van der Waals surface area contributed by atoms with Crippen LogP contribution in [0.5, 0.6) is 5.75 Å². The molecule has 1 unspecified atom stereocenters. The normalized spacial score (nSPS) is 15.5. The van der Waals surface area contributed by atoms with Gasteiger partial charge >= 0.3 is 0 Å². The molecule has 0 spiro atoms. The van der Waals surface area contributed by atoms with Gasteiger partial charge in [-0.1, -0.05) is 12.1 Å². The highest BCUT2D eigenvalue weighted by Gasteiger charge is 2.21. The number of nitrogens with two attached hydrogens (primary N) is 1. The molecule has 6 heteroatoms. The van der Waals surface area contributed by atoms with Crippen molar-refractivity contribution in [1.29, 1.82) is 0 Å². The smallest absolute Gasteiger partial charge is 0.220 e. The highest BCUT2D eigenvalue weighted by Crippen LogP contribution is 2.31. The number of methoxy groups -OCH3 is 1. The first-order chi connectivity index (χ1) is 12.1. The summed E-state index contributed by atoms with van der Waals surface area (Å²) in [6, 6.07) is 10.7. The standard InChI is InChI=1S/C20H23FN2O2.ClH/c1-25-19-9-5-13(11-17(19)21)6-10-20(24)23-18-4-2-3-14-12-15(22)7-8-16(14)18;/h5,7-9,11-12,18H,2-4,6,10,22H2,1H3,(H,23,24);1H. The lowest BCUT2D eigenvalue weighted by molar-refractivity contribution is -0.121. The molecule has 1 amide bonds. The van der Waals surface area contributed by atoms with E-state index in [9.17, 15) is 9.18 Å². The van der Waals surface area contributed by atoms with Gasteiger partial charge in [0.2, 0.25) is 5.91 Å². The summed E-state index contributed by atoms with van der Waals surface area (Å²) in [6.07, 6.45) is 3.78. The Morgan fingerprint density at radius 1 is 1.31 bits per heavy atom. The van der Waals surface area contributed by atoms with Gasteiger partial charge in [0.15, 0.2) is 11.6 Å². The number of fused-ring (bicyclic) bond motifs is 1. The largest absolute Gasteiger partial charge is 0.494 e.